The maximum absolute atomic E-state index is 12.8. The Kier molecular flexibility index (Phi) is 6.03. The van der Waals surface area contributed by atoms with Crippen LogP contribution in [0.3, 0.4) is 0 Å². The summed E-state index contributed by atoms with van der Waals surface area (Å²) in [5.74, 6) is -1.40. The Morgan fingerprint density at radius 1 is 1.13 bits per heavy atom. The lowest BCUT2D eigenvalue weighted by Crippen LogP contribution is -2.25. The van der Waals surface area contributed by atoms with Crippen molar-refractivity contribution >= 4 is 22.9 Å². The quantitative estimate of drug-likeness (QED) is 0.562. The smallest absolute Gasteiger partial charge is 0.337 e. The number of carboxylic acid groups (broad SMARTS) is 1. The van der Waals surface area contributed by atoms with Gasteiger partial charge in [-0.05, 0) is 43.4 Å². The minimum absolute atomic E-state index is 0.0631. The summed E-state index contributed by atoms with van der Waals surface area (Å²) in [6.07, 6.45) is 1.12. The molecule has 3 rings (SSSR count). The standard InChI is InChI=1S/C21H19NO8/c1-22(10-18(24)25)9-15-16(23)8-7-14-19(26)17(11-29-20(14)15)30-13-5-3-12(4-6-13)21(27)28-2/h3-8,11,23H,9-10H2,1-2H3,(H,24,25). The summed E-state index contributed by atoms with van der Waals surface area (Å²) in [6, 6.07) is 8.77. The molecule has 30 heavy (non-hydrogen) atoms. The fourth-order valence-corrected chi connectivity index (χ4v) is 2.91. The van der Waals surface area contributed by atoms with E-state index < -0.39 is 17.4 Å². The fraction of sp³-hybridized carbons (Fsp3) is 0.190. The van der Waals surface area contributed by atoms with E-state index in [1.165, 1.54) is 48.4 Å². The molecule has 0 aliphatic carbocycles. The SMILES string of the molecule is COC(=O)c1ccc(Oc2coc3c(CN(C)CC(=O)O)c(O)ccc3c2=O)cc1. The number of carbonyl (C=O) groups is 2. The van der Waals surface area contributed by atoms with Crippen LogP contribution in [0.15, 0.2) is 51.9 Å². The molecule has 0 aliphatic heterocycles. The summed E-state index contributed by atoms with van der Waals surface area (Å²) in [5.41, 5.74) is 0.310. The van der Waals surface area contributed by atoms with Gasteiger partial charge in [0.2, 0.25) is 11.2 Å². The van der Waals surface area contributed by atoms with Crippen molar-refractivity contribution in [3.8, 4) is 17.2 Å². The van der Waals surface area contributed by atoms with Crippen molar-refractivity contribution in [1.29, 1.82) is 0 Å². The zero-order valence-corrected chi connectivity index (χ0v) is 16.2. The van der Waals surface area contributed by atoms with Crippen molar-refractivity contribution in [2.45, 2.75) is 6.54 Å². The lowest BCUT2D eigenvalue weighted by Gasteiger charge is -2.16. The van der Waals surface area contributed by atoms with Crippen LogP contribution in [0.5, 0.6) is 17.2 Å². The molecule has 0 aliphatic rings. The van der Waals surface area contributed by atoms with Crippen LogP contribution in [0, 0.1) is 0 Å². The van der Waals surface area contributed by atoms with E-state index >= 15 is 0 Å². The molecular formula is C21H19NO8. The number of carbonyl (C=O) groups excluding carboxylic acids is 1. The van der Waals surface area contributed by atoms with Gasteiger partial charge in [-0.1, -0.05) is 0 Å². The van der Waals surface area contributed by atoms with Crippen molar-refractivity contribution in [3.63, 3.8) is 0 Å². The van der Waals surface area contributed by atoms with Crippen LogP contribution in [0.25, 0.3) is 11.0 Å². The van der Waals surface area contributed by atoms with Gasteiger partial charge in [-0.2, -0.15) is 0 Å². The number of aromatic hydroxyl groups is 1. The van der Waals surface area contributed by atoms with E-state index in [9.17, 15) is 19.5 Å². The first-order valence-electron chi connectivity index (χ1n) is 8.83. The largest absolute Gasteiger partial charge is 0.507 e. The number of phenolic OH excluding ortho intramolecular Hbond substituents is 1. The highest BCUT2D eigenvalue weighted by molar-refractivity contribution is 5.89. The molecule has 9 nitrogen and oxygen atoms in total. The Labute approximate surface area is 170 Å². The van der Waals surface area contributed by atoms with Crippen LogP contribution in [0.4, 0.5) is 0 Å². The van der Waals surface area contributed by atoms with Gasteiger partial charge < -0.3 is 24.1 Å². The van der Waals surface area contributed by atoms with Crippen LogP contribution in [0.1, 0.15) is 15.9 Å². The molecule has 0 atom stereocenters. The van der Waals surface area contributed by atoms with Gasteiger partial charge in [-0.25, -0.2) is 4.79 Å². The van der Waals surface area contributed by atoms with E-state index in [1.54, 1.807) is 7.05 Å². The molecule has 0 amide bonds. The number of phenols is 1. The maximum Gasteiger partial charge on any atom is 0.337 e. The molecule has 0 radical (unpaired) electrons. The third-order valence-corrected chi connectivity index (χ3v) is 4.32. The Morgan fingerprint density at radius 3 is 2.47 bits per heavy atom. The summed E-state index contributed by atoms with van der Waals surface area (Å²) in [7, 11) is 2.85. The summed E-state index contributed by atoms with van der Waals surface area (Å²) >= 11 is 0. The number of esters is 1. The molecule has 3 aromatic rings. The Balaban J connectivity index is 1.92. The molecular weight excluding hydrogens is 394 g/mol. The number of ether oxygens (including phenoxy) is 2. The monoisotopic (exact) mass is 413 g/mol. The van der Waals surface area contributed by atoms with Crippen LogP contribution in [0.2, 0.25) is 0 Å². The zero-order chi connectivity index (χ0) is 21.8. The number of benzene rings is 2. The molecule has 0 bridgehead atoms. The van der Waals surface area contributed by atoms with Gasteiger partial charge in [0.05, 0.1) is 30.2 Å². The summed E-state index contributed by atoms with van der Waals surface area (Å²) in [4.78, 5) is 36.7. The fourth-order valence-electron chi connectivity index (χ4n) is 2.91. The number of hydrogen-bond donors (Lipinski definition) is 2. The number of carboxylic acids is 1. The molecule has 1 aromatic heterocycles. The van der Waals surface area contributed by atoms with E-state index in [-0.39, 0.29) is 35.6 Å². The highest BCUT2D eigenvalue weighted by atomic mass is 16.5. The lowest BCUT2D eigenvalue weighted by molar-refractivity contribution is -0.138. The lowest BCUT2D eigenvalue weighted by atomic mass is 10.1. The molecule has 0 saturated carbocycles. The Bertz CT molecular complexity index is 1150. The van der Waals surface area contributed by atoms with Gasteiger partial charge in [0, 0.05) is 6.54 Å². The number of methoxy groups -OCH3 is 1. The molecule has 9 heteroatoms. The third kappa shape index (κ3) is 4.41. The highest BCUT2D eigenvalue weighted by Gasteiger charge is 2.17. The zero-order valence-electron chi connectivity index (χ0n) is 16.2. The number of rotatable bonds is 7. The molecule has 1 heterocycles. The van der Waals surface area contributed by atoms with E-state index in [2.05, 4.69) is 4.74 Å². The average Bonchev–Trinajstić information content (AvgIpc) is 2.71. The predicted octanol–water partition coefficient (Wildman–Crippen LogP) is 2.59. The van der Waals surface area contributed by atoms with E-state index in [4.69, 9.17) is 14.3 Å². The Morgan fingerprint density at radius 2 is 1.83 bits per heavy atom. The van der Waals surface area contributed by atoms with Gasteiger partial charge in [0.25, 0.3) is 0 Å². The van der Waals surface area contributed by atoms with Gasteiger partial charge in [0.15, 0.2) is 0 Å². The summed E-state index contributed by atoms with van der Waals surface area (Å²) in [5, 5.41) is 19.3. The Hall–Kier alpha value is -3.85. The first-order chi connectivity index (χ1) is 14.3. The summed E-state index contributed by atoms with van der Waals surface area (Å²) in [6.45, 7) is -0.184. The van der Waals surface area contributed by atoms with Crippen molar-refractivity contribution < 1.29 is 33.7 Å². The molecule has 0 unspecified atom stereocenters. The number of likely N-dealkylation sites (N-methyl/N-ethyl adjacent to an activating group) is 1. The molecule has 2 aromatic carbocycles. The van der Waals surface area contributed by atoms with Crippen LogP contribution < -0.4 is 10.2 Å². The minimum atomic E-state index is -1.02. The predicted molar refractivity (Wildman–Crippen MR) is 106 cm³/mol. The van der Waals surface area contributed by atoms with Crippen molar-refractivity contribution in [2.75, 3.05) is 20.7 Å². The first-order valence-corrected chi connectivity index (χ1v) is 8.83. The average molecular weight is 413 g/mol. The second-order valence-electron chi connectivity index (χ2n) is 6.55. The molecule has 156 valence electrons. The molecule has 0 spiro atoms. The highest BCUT2D eigenvalue weighted by Crippen LogP contribution is 2.29. The number of nitrogens with zero attached hydrogens (tertiary/aromatic N) is 1. The van der Waals surface area contributed by atoms with Crippen LogP contribution >= 0.6 is 0 Å². The molecule has 2 N–H and O–H groups in total. The second-order valence-corrected chi connectivity index (χ2v) is 6.55. The van der Waals surface area contributed by atoms with Gasteiger partial charge in [-0.3, -0.25) is 14.5 Å². The second kappa shape index (κ2) is 8.66. The van der Waals surface area contributed by atoms with Gasteiger partial charge >= 0.3 is 11.9 Å². The van der Waals surface area contributed by atoms with Gasteiger partial charge in [0.1, 0.15) is 23.3 Å². The molecule has 0 saturated heterocycles. The minimum Gasteiger partial charge on any atom is -0.507 e. The van der Waals surface area contributed by atoms with Crippen LogP contribution in [-0.4, -0.2) is 47.8 Å². The van der Waals surface area contributed by atoms with Crippen molar-refractivity contribution in [3.05, 3.63) is 64.0 Å². The number of aliphatic carboxylic acids is 1. The third-order valence-electron chi connectivity index (χ3n) is 4.32. The number of hydrogen-bond acceptors (Lipinski definition) is 8. The van der Waals surface area contributed by atoms with E-state index in [0.29, 0.717) is 16.9 Å². The normalized spacial score (nSPS) is 10.9. The van der Waals surface area contributed by atoms with Gasteiger partial charge in [-0.15, -0.1) is 0 Å². The van der Waals surface area contributed by atoms with E-state index in [0.717, 1.165) is 6.26 Å². The summed E-state index contributed by atoms with van der Waals surface area (Å²) < 4.78 is 15.8. The van der Waals surface area contributed by atoms with Crippen molar-refractivity contribution in [2.24, 2.45) is 0 Å². The number of fused-ring (bicyclic) bond motifs is 1. The molecule has 0 fully saturated rings. The van der Waals surface area contributed by atoms with Crippen molar-refractivity contribution in [1.82, 2.24) is 4.90 Å². The topological polar surface area (TPSA) is 127 Å². The van der Waals surface area contributed by atoms with E-state index in [1.807, 2.05) is 0 Å². The maximum atomic E-state index is 12.8. The first kappa shape index (κ1) is 20.9. The van der Waals surface area contributed by atoms with Crippen LogP contribution in [-0.2, 0) is 16.1 Å².